The van der Waals surface area contributed by atoms with Crippen molar-refractivity contribution >= 4 is 0 Å². The Hall–Kier alpha value is -1.06. The molecule has 1 aromatic rings. The number of likely N-dealkylation sites (tertiary alicyclic amines) is 1. The second-order valence-electron chi connectivity index (χ2n) is 10.3. The number of methoxy groups -OCH3 is 1. The number of ether oxygens (including phenoxy) is 1. The quantitative estimate of drug-likeness (QED) is 0.882. The van der Waals surface area contributed by atoms with Gasteiger partial charge in [-0.25, -0.2) is 0 Å². The van der Waals surface area contributed by atoms with Crippen molar-refractivity contribution in [3.05, 3.63) is 29.3 Å². The Morgan fingerprint density at radius 1 is 1.22 bits per heavy atom. The maximum atomic E-state index is 5.68. The summed E-state index contributed by atoms with van der Waals surface area (Å²) in [7, 11) is 1.83. The van der Waals surface area contributed by atoms with Crippen LogP contribution in [0.25, 0.3) is 0 Å². The van der Waals surface area contributed by atoms with Gasteiger partial charge in [-0.15, -0.1) is 0 Å². The molecule has 0 radical (unpaired) electrons. The lowest BCUT2D eigenvalue weighted by molar-refractivity contribution is -0.0601. The van der Waals surface area contributed by atoms with E-state index in [9.17, 15) is 0 Å². The zero-order valence-corrected chi connectivity index (χ0v) is 16.8. The van der Waals surface area contributed by atoms with Crippen LogP contribution in [0.4, 0.5) is 0 Å². The van der Waals surface area contributed by atoms with E-state index >= 15 is 0 Å². The molecular formula is C24H34N2O. The Bertz CT molecular complexity index is 744. The minimum Gasteiger partial charge on any atom is -0.497 e. The molecule has 1 aromatic carbocycles. The van der Waals surface area contributed by atoms with Gasteiger partial charge in [0, 0.05) is 18.0 Å². The van der Waals surface area contributed by atoms with Crippen LogP contribution in [-0.2, 0) is 11.8 Å². The van der Waals surface area contributed by atoms with Crippen LogP contribution in [0.1, 0.15) is 56.1 Å². The Balaban J connectivity index is 1.51. The van der Waals surface area contributed by atoms with Gasteiger partial charge in [-0.05, 0) is 112 Å². The number of hydrogen-bond acceptors (Lipinski definition) is 3. The molecule has 27 heavy (non-hydrogen) atoms. The fraction of sp³-hybridized carbons (Fsp3) is 0.750. The van der Waals surface area contributed by atoms with Crippen LogP contribution in [0.5, 0.6) is 5.75 Å². The van der Waals surface area contributed by atoms with Gasteiger partial charge in [-0.3, -0.25) is 4.90 Å². The molecule has 1 spiro atoms. The lowest BCUT2D eigenvalue weighted by Gasteiger charge is -2.62. The van der Waals surface area contributed by atoms with Crippen LogP contribution in [-0.4, -0.2) is 44.2 Å². The first-order chi connectivity index (χ1) is 13.2. The van der Waals surface area contributed by atoms with Crippen molar-refractivity contribution in [3.63, 3.8) is 0 Å². The summed E-state index contributed by atoms with van der Waals surface area (Å²) in [6.07, 6.45) is 11.2. The summed E-state index contributed by atoms with van der Waals surface area (Å²) in [6.45, 7) is 5.14. The highest BCUT2D eigenvalue weighted by atomic mass is 16.5. The van der Waals surface area contributed by atoms with E-state index in [1.54, 1.807) is 11.1 Å². The molecule has 0 aromatic heterocycles. The van der Waals surface area contributed by atoms with Crippen molar-refractivity contribution in [1.82, 2.24) is 10.2 Å². The van der Waals surface area contributed by atoms with Gasteiger partial charge in [0.2, 0.25) is 0 Å². The second-order valence-corrected chi connectivity index (χ2v) is 10.3. The van der Waals surface area contributed by atoms with Crippen LogP contribution in [0.2, 0.25) is 0 Å². The first-order valence-corrected chi connectivity index (χ1v) is 11.4. The maximum Gasteiger partial charge on any atom is 0.119 e. The third kappa shape index (κ3) is 2.34. The third-order valence-electron chi connectivity index (χ3n) is 8.99. The molecule has 2 saturated carbocycles. The van der Waals surface area contributed by atoms with Gasteiger partial charge in [-0.1, -0.05) is 6.07 Å². The average molecular weight is 367 g/mol. The molecule has 4 fully saturated rings. The van der Waals surface area contributed by atoms with Gasteiger partial charge < -0.3 is 10.1 Å². The van der Waals surface area contributed by atoms with Crippen molar-refractivity contribution in [2.75, 3.05) is 33.3 Å². The molecule has 1 N–H and O–H groups in total. The van der Waals surface area contributed by atoms with Gasteiger partial charge in [0.15, 0.2) is 0 Å². The number of benzene rings is 1. The highest BCUT2D eigenvalue weighted by Crippen LogP contribution is 2.68. The van der Waals surface area contributed by atoms with E-state index in [-0.39, 0.29) is 0 Å². The zero-order valence-electron chi connectivity index (χ0n) is 16.8. The molecule has 3 heteroatoms. The summed E-state index contributed by atoms with van der Waals surface area (Å²) in [4.78, 5) is 2.96. The topological polar surface area (TPSA) is 24.5 Å². The van der Waals surface area contributed by atoms with E-state index in [1.165, 1.54) is 77.5 Å². The molecular weight excluding hydrogens is 332 g/mol. The molecule has 4 bridgehead atoms. The Morgan fingerprint density at radius 2 is 2.15 bits per heavy atom. The van der Waals surface area contributed by atoms with Crippen molar-refractivity contribution in [1.29, 1.82) is 0 Å². The minimum absolute atomic E-state index is 0.399. The number of rotatable bonds is 3. The van der Waals surface area contributed by atoms with Gasteiger partial charge >= 0.3 is 0 Å². The molecule has 2 aliphatic heterocycles. The van der Waals surface area contributed by atoms with E-state index in [2.05, 4.69) is 28.4 Å². The van der Waals surface area contributed by atoms with Crippen molar-refractivity contribution < 1.29 is 4.74 Å². The van der Waals surface area contributed by atoms with Crippen LogP contribution in [0.3, 0.4) is 0 Å². The first kappa shape index (κ1) is 16.9. The molecule has 146 valence electrons. The van der Waals surface area contributed by atoms with Crippen molar-refractivity contribution in [3.8, 4) is 5.75 Å². The summed E-state index contributed by atoms with van der Waals surface area (Å²) in [5, 5.41) is 3.76. The van der Waals surface area contributed by atoms with Gasteiger partial charge in [-0.2, -0.15) is 0 Å². The minimum atomic E-state index is 0.399. The van der Waals surface area contributed by atoms with Crippen LogP contribution < -0.4 is 10.1 Å². The predicted octanol–water partition coefficient (Wildman–Crippen LogP) is 3.75. The summed E-state index contributed by atoms with van der Waals surface area (Å²) < 4.78 is 5.68. The standard InChI is InChI=1S/C24H34N2O/c1-27-20-6-5-19-11-22-24-7-2-9-25-15-18(14-24)13-23(24,21(19)12-20)8-10-26(22)16-17-3-4-17/h5-6,12,17-18,22,25H,2-4,7-11,13-16H2,1H3/t18-,22?,23?,24?/m1/s1. The largest absolute Gasteiger partial charge is 0.497 e. The molecule has 4 atom stereocenters. The zero-order chi connectivity index (χ0) is 18.1. The molecule has 5 aliphatic rings. The summed E-state index contributed by atoms with van der Waals surface area (Å²) >= 11 is 0. The van der Waals surface area contributed by atoms with Crippen molar-refractivity contribution in [2.45, 2.75) is 62.8 Å². The smallest absolute Gasteiger partial charge is 0.119 e. The summed E-state index contributed by atoms with van der Waals surface area (Å²) in [5.74, 6) is 2.91. The number of hydrogen-bond donors (Lipinski definition) is 1. The van der Waals surface area contributed by atoms with E-state index in [0.29, 0.717) is 10.8 Å². The Morgan fingerprint density at radius 3 is 3.00 bits per heavy atom. The lowest BCUT2D eigenvalue weighted by Crippen LogP contribution is -2.65. The number of nitrogens with one attached hydrogen (secondary N) is 1. The van der Waals surface area contributed by atoms with E-state index in [1.807, 2.05) is 7.11 Å². The van der Waals surface area contributed by atoms with E-state index in [0.717, 1.165) is 23.6 Å². The molecule has 2 saturated heterocycles. The Labute approximate surface area is 163 Å². The molecule has 3 aliphatic carbocycles. The Kier molecular flexibility index (Phi) is 3.73. The molecule has 2 heterocycles. The van der Waals surface area contributed by atoms with Crippen LogP contribution in [0, 0.1) is 17.3 Å². The van der Waals surface area contributed by atoms with Gasteiger partial charge in [0.25, 0.3) is 0 Å². The highest BCUT2D eigenvalue weighted by Gasteiger charge is 2.66. The SMILES string of the molecule is COc1ccc2c(c1)C13CCN(CC4CC4)C(C2)C12CCCNC[C@H](C3)C2. The monoisotopic (exact) mass is 366 g/mol. The van der Waals surface area contributed by atoms with Gasteiger partial charge in [0.1, 0.15) is 5.75 Å². The van der Waals surface area contributed by atoms with E-state index in [4.69, 9.17) is 4.74 Å². The normalized spacial score (nSPS) is 40.6. The number of fused-ring (bicyclic) bond motifs is 2. The highest BCUT2D eigenvalue weighted by molar-refractivity contribution is 5.48. The molecule has 3 unspecified atom stereocenters. The maximum absolute atomic E-state index is 5.68. The van der Waals surface area contributed by atoms with Crippen LogP contribution >= 0.6 is 0 Å². The molecule has 0 amide bonds. The fourth-order valence-corrected chi connectivity index (χ4v) is 7.81. The first-order valence-electron chi connectivity index (χ1n) is 11.4. The predicted molar refractivity (Wildman–Crippen MR) is 108 cm³/mol. The molecule has 3 nitrogen and oxygen atoms in total. The third-order valence-corrected chi connectivity index (χ3v) is 8.99. The van der Waals surface area contributed by atoms with E-state index < -0.39 is 0 Å². The fourth-order valence-electron chi connectivity index (χ4n) is 7.81. The summed E-state index contributed by atoms with van der Waals surface area (Å²) in [6, 6.07) is 7.81. The van der Waals surface area contributed by atoms with Crippen LogP contribution in [0.15, 0.2) is 18.2 Å². The molecule has 6 rings (SSSR count). The summed E-state index contributed by atoms with van der Waals surface area (Å²) in [5.41, 5.74) is 4.21. The average Bonchev–Trinajstić information content (AvgIpc) is 3.39. The second kappa shape index (κ2) is 5.97. The number of piperidine rings is 1. The lowest BCUT2D eigenvalue weighted by atomic mass is 9.49. The van der Waals surface area contributed by atoms with Crippen molar-refractivity contribution in [2.24, 2.45) is 17.3 Å². The van der Waals surface area contributed by atoms with Gasteiger partial charge in [0.05, 0.1) is 7.11 Å². The number of nitrogens with zero attached hydrogens (tertiary/aromatic N) is 1.